The van der Waals surface area contributed by atoms with Gasteiger partial charge in [-0.1, -0.05) is 13.8 Å². The lowest BCUT2D eigenvalue weighted by atomic mass is 9.46. The zero-order valence-corrected chi connectivity index (χ0v) is 14.1. The Hall–Kier alpha value is -0.120. The third-order valence-electron chi connectivity index (χ3n) is 8.76. The van der Waals surface area contributed by atoms with E-state index in [4.69, 9.17) is 4.74 Å². The van der Waals surface area contributed by atoms with Gasteiger partial charge in [0.2, 0.25) is 0 Å². The van der Waals surface area contributed by atoms with E-state index >= 15 is 0 Å². The summed E-state index contributed by atoms with van der Waals surface area (Å²) < 4.78 is 6.32. The molecule has 8 unspecified atom stereocenters. The van der Waals surface area contributed by atoms with Crippen molar-refractivity contribution in [3.8, 4) is 0 Å². The first kappa shape index (κ1) is 14.2. The molecule has 5 aliphatic rings. The molecule has 0 aromatic heterocycles. The standard InChI is InChI=1S/C19H31NO2/c1-18-6-5-14-13(15(18)8-12(21)9-18)4-3-11-7-17-20-10-16(22-17)19(11,14)2/h11-17,20-21H,3-10H2,1-2H3/t11?,12?,13?,14?,15?,16?,17-,18?,19?/m1/s1. The summed E-state index contributed by atoms with van der Waals surface area (Å²) in [7, 11) is 0. The lowest BCUT2D eigenvalue weighted by Gasteiger charge is -2.61. The second-order valence-electron chi connectivity index (χ2n) is 9.56. The van der Waals surface area contributed by atoms with Gasteiger partial charge in [0, 0.05) is 12.0 Å². The molecule has 0 aromatic rings. The predicted octanol–water partition coefficient (Wildman–Crippen LogP) is 2.92. The summed E-state index contributed by atoms with van der Waals surface area (Å²) in [5, 5.41) is 13.9. The van der Waals surface area contributed by atoms with Crippen LogP contribution in [0.1, 0.15) is 58.8 Å². The van der Waals surface area contributed by atoms with Gasteiger partial charge >= 0.3 is 0 Å². The highest BCUT2D eigenvalue weighted by Gasteiger charge is 2.63. The topological polar surface area (TPSA) is 41.5 Å². The number of ether oxygens (including phenoxy) is 1. The number of nitrogens with one attached hydrogen (secondary N) is 1. The van der Waals surface area contributed by atoms with Crippen molar-refractivity contribution in [2.24, 2.45) is 34.5 Å². The van der Waals surface area contributed by atoms with Crippen molar-refractivity contribution < 1.29 is 9.84 Å². The van der Waals surface area contributed by atoms with Gasteiger partial charge in [0.1, 0.15) is 6.23 Å². The van der Waals surface area contributed by atoms with Crippen molar-refractivity contribution in [1.82, 2.24) is 5.32 Å². The molecule has 9 atom stereocenters. The fourth-order valence-electron chi connectivity index (χ4n) is 7.66. The fraction of sp³-hybridized carbons (Fsp3) is 1.00. The summed E-state index contributed by atoms with van der Waals surface area (Å²) in [5.41, 5.74) is 0.785. The number of rotatable bonds is 0. The SMILES string of the molecule is CC12CCC3C(CCC4C[C@@H]5NCC(O5)C43C)C1CC(O)C2. The summed E-state index contributed by atoms with van der Waals surface area (Å²) in [4.78, 5) is 0. The number of aliphatic hydroxyl groups excluding tert-OH is 1. The van der Waals surface area contributed by atoms with E-state index in [0.29, 0.717) is 23.2 Å². The van der Waals surface area contributed by atoms with E-state index in [1.807, 2.05) is 0 Å². The third-order valence-corrected chi connectivity index (χ3v) is 8.76. The molecule has 0 spiro atoms. The highest BCUT2D eigenvalue weighted by Crippen LogP contribution is 2.66. The maximum absolute atomic E-state index is 10.3. The Labute approximate surface area is 134 Å². The molecule has 2 heterocycles. The summed E-state index contributed by atoms with van der Waals surface area (Å²) in [6, 6.07) is 0. The molecule has 5 rings (SSSR count). The first-order valence-corrected chi connectivity index (χ1v) is 9.57. The molecule has 3 heteroatoms. The molecular weight excluding hydrogens is 274 g/mol. The quantitative estimate of drug-likeness (QED) is 0.723. The van der Waals surface area contributed by atoms with E-state index in [1.54, 1.807) is 0 Å². The molecule has 124 valence electrons. The Morgan fingerprint density at radius 1 is 1.09 bits per heavy atom. The average Bonchev–Trinajstić information content (AvgIpc) is 3.02. The molecule has 2 bridgehead atoms. The van der Waals surface area contributed by atoms with E-state index in [9.17, 15) is 5.11 Å². The van der Waals surface area contributed by atoms with Crippen LogP contribution < -0.4 is 5.32 Å². The minimum absolute atomic E-state index is 0.0422. The van der Waals surface area contributed by atoms with Gasteiger partial charge in [-0.05, 0) is 74.0 Å². The number of hydrogen-bond donors (Lipinski definition) is 2. The van der Waals surface area contributed by atoms with Gasteiger partial charge in [-0.25, -0.2) is 0 Å². The normalized spacial score (nSPS) is 63.1. The molecular formula is C19H31NO2. The van der Waals surface area contributed by atoms with E-state index in [0.717, 1.165) is 43.1 Å². The van der Waals surface area contributed by atoms with Crippen LogP contribution >= 0.6 is 0 Å². The van der Waals surface area contributed by atoms with Crippen LogP contribution in [-0.2, 0) is 4.74 Å². The summed E-state index contributed by atoms with van der Waals surface area (Å²) in [6.45, 7) is 6.07. The van der Waals surface area contributed by atoms with Gasteiger partial charge in [0.05, 0.1) is 12.2 Å². The predicted molar refractivity (Wildman–Crippen MR) is 85.2 cm³/mol. The third kappa shape index (κ3) is 1.68. The summed E-state index contributed by atoms with van der Waals surface area (Å²) in [5.74, 6) is 3.26. The highest BCUT2D eigenvalue weighted by atomic mass is 16.5. The second kappa shape index (κ2) is 4.49. The van der Waals surface area contributed by atoms with Crippen molar-refractivity contribution in [3.05, 3.63) is 0 Å². The number of hydrogen-bond acceptors (Lipinski definition) is 3. The van der Waals surface area contributed by atoms with Crippen molar-refractivity contribution in [2.75, 3.05) is 6.54 Å². The maximum atomic E-state index is 10.3. The van der Waals surface area contributed by atoms with Crippen LogP contribution in [0, 0.1) is 34.5 Å². The monoisotopic (exact) mass is 305 g/mol. The van der Waals surface area contributed by atoms with E-state index in [1.165, 1.54) is 32.1 Å². The first-order valence-electron chi connectivity index (χ1n) is 9.57. The molecule has 0 radical (unpaired) electrons. The Kier molecular flexibility index (Phi) is 2.91. The van der Waals surface area contributed by atoms with Crippen LogP contribution in [0.4, 0.5) is 0 Å². The van der Waals surface area contributed by atoms with Crippen LogP contribution in [0.3, 0.4) is 0 Å². The zero-order chi connectivity index (χ0) is 15.1. The molecule has 2 N–H and O–H groups in total. The molecule has 0 amide bonds. The lowest BCUT2D eigenvalue weighted by Crippen LogP contribution is -2.58. The largest absolute Gasteiger partial charge is 0.393 e. The van der Waals surface area contributed by atoms with Gasteiger partial charge in [0.15, 0.2) is 0 Å². The van der Waals surface area contributed by atoms with Crippen molar-refractivity contribution >= 4 is 0 Å². The van der Waals surface area contributed by atoms with Crippen molar-refractivity contribution in [3.63, 3.8) is 0 Å². The van der Waals surface area contributed by atoms with Gasteiger partial charge < -0.3 is 9.84 Å². The Morgan fingerprint density at radius 2 is 1.95 bits per heavy atom. The van der Waals surface area contributed by atoms with Crippen LogP contribution in [-0.4, -0.2) is 30.1 Å². The minimum Gasteiger partial charge on any atom is -0.393 e. The molecule has 5 fully saturated rings. The van der Waals surface area contributed by atoms with E-state index < -0.39 is 0 Å². The molecule has 2 saturated heterocycles. The fourth-order valence-corrected chi connectivity index (χ4v) is 7.66. The molecule has 3 nitrogen and oxygen atoms in total. The van der Waals surface area contributed by atoms with E-state index in [2.05, 4.69) is 19.2 Å². The smallest absolute Gasteiger partial charge is 0.108 e. The molecule has 22 heavy (non-hydrogen) atoms. The summed E-state index contributed by atoms with van der Waals surface area (Å²) >= 11 is 0. The van der Waals surface area contributed by atoms with Crippen molar-refractivity contribution in [1.29, 1.82) is 0 Å². The first-order chi connectivity index (χ1) is 10.5. The Balaban J connectivity index is 1.50. The van der Waals surface area contributed by atoms with Gasteiger partial charge in [-0.15, -0.1) is 0 Å². The highest BCUT2D eigenvalue weighted by molar-refractivity contribution is 5.12. The maximum Gasteiger partial charge on any atom is 0.108 e. The van der Waals surface area contributed by atoms with Crippen LogP contribution in [0.2, 0.25) is 0 Å². The van der Waals surface area contributed by atoms with Crippen molar-refractivity contribution in [2.45, 2.75) is 77.2 Å². The second-order valence-corrected chi connectivity index (χ2v) is 9.56. The Bertz CT molecular complexity index is 482. The number of aliphatic hydroxyl groups is 1. The van der Waals surface area contributed by atoms with Gasteiger partial charge in [-0.3, -0.25) is 5.32 Å². The molecule has 3 aliphatic carbocycles. The van der Waals surface area contributed by atoms with Gasteiger partial charge in [-0.2, -0.15) is 0 Å². The van der Waals surface area contributed by atoms with Crippen LogP contribution in [0.5, 0.6) is 0 Å². The Morgan fingerprint density at radius 3 is 2.82 bits per heavy atom. The van der Waals surface area contributed by atoms with E-state index in [-0.39, 0.29) is 6.10 Å². The lowest BCUT2D eigenvalue weighted by molar-refractivity contribution is -0.190. The molecule has 3 saturated carbocycles. The number of fused-ring (bicyclic) bond motifs is 8. The van der Waals surface area contributed by atoms with Crippen LogP contribution in [0.25, 0.3) is 0 Å². The molecule has 0 aromatic carbocycles. The molecule has 2 aliphatic heterocycles. The van der Waals surface area contributed by atoms with Gasteiger partial charge in [0.25, 0.3) is 0 Å². The zero-order valence-electron chi connectivity index (χ0n) is 14.1. The van der Waals surface area contributed by atoms with Crippen LogP contribution in [0.15, 0.2) is 0 Å². The minimum atomic E-state index is -0.0422. The average molecular weight is 305 g/mol. The summed E-state index contributed by atoms with van der Waals surface area (Å²) in [6.07, 6.45) is 9.52.